The van der Waals surface area contributed by atoms with Crippen LogP contribution in [-0.4, -0.2) is 16.8 Å². The maximum absolute atomic E-state index is 11.8. The van der Waals surface area contributed by atoms with Gasteiger partial charge < -0.3 is 9.15 Å². The Morgan fingerprint density at radius 2 is 1.91 bits per heavy atom. The number of nitrogens with zero attached hydrogens (tertiary/aromatic N) is 2. The van der Waals surface area contributed by atoms with Crippen LogP contribution in [0.3, 0.4) is 0 Å². The molecule has 0 N–H and O–H groups in total. The summed E-state index contributed by atoms with van der Waals surface area (Å²) in [4.78, 5) is 26.0. The maximum atomic E-state index is 11.8. The molecule has 7 nitrogen and oxygen atoms in total. The third-order valence-electron chi connectivity index (χ3n) is 2.82. The molecule has 110 valence electrons. The number of non-ortho nitro benzene ring substituents is 1. The first-order valence-electron chi connectivity index (χ1n) is 6.05. The van der Waals surface area contributed by atoms with Gasteiger partial charge in [0, 0.05) is 23.8 Å². The molecular weight excluding hydrogens is 356 g/mol. The van der Waals surface area contributed by atoms with Crippen LogP contribution in [-0.2, 0) is 9.53 Å². The number of rotatable bonds is 3. The number of nitro benzene ring substituents is 1. The molecule has 2 aromatic rings. The zero-order valence-corrected chi connectivity index (χ0v) is 12.4. The molecule has 1 aliphatic heterocycles. The zero-order valence-electron chi connectivity index (χ0n) is 10.9. The van der Waals surface area contributed by atoms with Crippen LogP contribution in [0.25, 0.3) is 6.08 Å². The highest BCUT2D eigenvalue weighted by Crippen LogP contribution is 2.22. The Bertz CT molecular complexity index is 820. The first-order chi connectivity index (χ1) is 10.5. The topological polar surface area (TPSA) is 94.9 Å². The number of aliphatic imine (C=N–C) groups is 1. The molecule has 22 heavy (non-hydrogen) atoms. The quantitative estimate of drug-likeness (QED) is 0.361. The number of furan rings is 1. The minimum absolute atomic E-state index is 0.0510. The molecule has 0 spiro atoms. The van der Waals surface area contributed by atoms with Crippen LogP contribution in [0.15, 0.2) is 56.2 Å². The van der Waals surface area contributed by atoms with E-state index in [9.17, 15) is 14.9 Å². The van der Waals surface area contributed by atoms with E-state index in [-0.39, 0.29) is 17.3 Å². The molecule has 1 aromatic heterocycles. The summed E-state index contributed by atoms with van der Waals surface area (Å²) >= 11 is 3.16. The molecule has 0 atom stereocenters. The Morgan fingerprint density at radius 3 is 2.50 bits per heavy atom. The van der Waals surface area contributed by atoms with Gasteiger partial charge in [-0.25, -0.2) is 9.79 Å². The van der Waals surface area contributed by atoms with Gasteiger partial charge in [-0.05, 0) is 40.2 Å². The second-order valence-corrected chi connectivity index (χ2v) is 5.06. The molecule has 0 aliphatic carbocycles. The molecule has 0 fully saturated rings. The van der Waals surface area contributed by atoms with Gasteiger partial charge in [-0.15, -0.1) is 0 Å². The van der Waals surface area contributed by atoms with Crippen molar-refractivity contribution in [2.75, 3.05) is 0 Å². The van der Waals surface area contributed by atoms with E-state index in [1.165, 1.54) is 30.3 Å². The minimum atomic E-state index is -0.610. The summed E-state index contributed by atoms with van der Waals surface area (Å²) in [6, 6.07) is 8.93. The molecule has 3 rings (SSSR count). The molecule has 0 bridgehead atoms. The van der Waals surface area contributed by atoms with Crippen LogP contribution in [0, 0.1) is 10.1 Å². The summed E-state index contributed by atoms with van der Waals surface area (Å²) in [7, 11) is 0. The van der Waals surface area contributed by atoms with E-state index >= 15 is 0 Å². The summed E-state index contributed by atoms with van der Waals surface area (Å²) < 4.78 is 10.9. The summed E-state index contributed by atoms with van der Waals surface area (Å²) in [5.74, 6) is -0.0647. The highest BCUT2D eigenvalue weighted by atomic mass is 79.9. The van der Waals surface area contributed by atoms with Crippen molar-refractivity contribution in [1.29, 1.82) is 0 Å². The first kappa shape index (κ1) is 14.2. The fourth-order valence-corrected chi connectivity index (χ4v) is 2.12. The summed E-state index contributed by atoms with van der Waals surface area (Å²) in [6.45, 7) is 0. The summed E-state index contributed by atoms with van der Waals surface area (Å²) in [6.07, 6.45) is 1.45. The van der Waals surface area contributed by atoms with Crippen molar-refractivity contribution in [2.24, 2.45) is 4.99 Å². The minimum Gasteiger partial charge on any atom is -0.450 e. The van der Waals surface area contributed by atoms with Gasteiger partial charge in [-0.3, -0.25) is 10.1 Å². The maximum Gasteiger partial charge on any atom is 0.363 e. The second-order valence-electron chi connectivity index (χ2n) is 4.28. The number of ether oxygens (including phenoxy) is 1. The van der Waals surface area contributed by atoms with Gasteiger partial charge in [0.2, 0.25) is 5.90 Å². The van der Waals surface area contributed by atoms with Gasteiger partial charge in [-0.1, -0.05) is 0 Å². The Balaban J connectivity index is 1.89. The van der Waals surface area contributed by atoms with Crippen LogP contribution < -0.4 is 0 Å². The van der Waals surface area contributed by atoms with E-state index in [1.54, 1.807) is 12.1 Å². The van der Waals surface area contributed by atoms with Gasteiger partial charge in [0.25, 0.3) is 5.69 Å². The molecule has 0 saturated heterocycles. The lowest BCUT2D eigenvalue weighted by molar-refractivity contribution is -0.384. The van der Waals surface area contributed by atoms with E-state index in [4.69, 9.17) is 9.15 Å². The Hall–Kier alpha value is -2.74. The Kier molecular flexibility index (Phi) is 3.60. The van der Waals surface area contributed by atoms with Crippen molar-refractivity contribution in [3.8, 4) is 0 Å². The zero-order chi connectivity index (χ0) is 15.7. The number of halogens is 1. The van der Waals surface area contributed by atoms with E-state index in [1.807, 2.05) is 0 Å². The Morgan fingerprint density at radius 1 is 1.18 bits per heavy atom. The monoisotopic (exact) mass is 362 g/mol. The number of hydrogen-bond donors (Lipinski definition) is 0. The van der Waals surface area contributed by atoms with Gasteiger partial charge in [-0.2, -0.15) is 0 Å². The predicted octanol–water partition coefficient (Wildman–Crippen LogP) is 3.29. The largest absolute Gasteiger partial charge is 0.450 e. The van der Waals surface area contributed by atoms with Crippen LogP contribution in [0.1, 0.15) is 11.3 Å². The second kappa shape index (κ2) is 5.57. The lowest BCUT2D eigenvalue weighted by Crippen LogP contribution is -2.05. The third kappa shape index (κ3) is 2.82. The van der Waals surface area contributed by atoms with E-state index in [0.29, 0.717) is 16.0 Å². The van der Waals surface area contributed by atoms with Crippen LogP contribution >= 0.6 is 15.9 Å². The fraction of sp³-hybridized carbons (Fsp3) is 0. The molecule has 8 heteroatoms. The highest BCUT2D eigenvalue weighted by Gasteiger charge is 2.25. The van der Waals surface area contributed by atoms with Crippen molar-refractivity contribution >= 4 is 39.6 Å². The number of benzene rings is 1. The molecule has 1 aliphatic rings. The molecule has 0 unspecified atom stereocenters. The Labute approximate surface area is 132 Å². The molecule has 0 saturated carbocycles. The van der Waals surface area contributed by atoms with Crippen LogP contribution in [0.5, 0.6) is 0 Å². The lowest BCUT2D eigenvalue weighted by Gasteiger charge is -1.98. The van der Waals surface area contributed by atoms with Crippen molar-refractivity contribution in [3.63, 3.8) is 0 Å². The number of esters is 1. The van der Waals surface area contributed by atoms with Gasteiger partial charge in [0.15, 0.2) is 10.4 Å². The SMILES string of the molecule is O=C1OC(c2ccc([N+](=O)[O-])cc2)=N/C1=C\c1ccc(Br)o1. The van der Waals surface area contributed by atoms with Crippen LogP contribution in [0.2, 0.25) is 0 Å². The molecular formula is C14H7BrN2O5. The molecule has 0 amide bonds. The average Bonchev–Trinajstić information content (AvgIpc) is 3.06. The number of hydrogen-bond acceptors (Lipinski definition) is 6. The number of carbonyl (C=O) groups excluding carboxylic acids is 1. The van der Waals surface area contributed by atoms with Crippen LogP contribution in [0.4, 0.5) is 5.69 Å². The average molecular weight is 363 g/mol. The smallest absolute Gasteiger partial charge is 0.363 e. The van der Waals surface area contributed by atoms with E-state index < -0.39 is 10.9 Å². The highest BCUT2D eigenvalue weighted by molar-refractivity contribution is 9.10. The lowest BCUT2D eigenvalue weighted by atomic mass is 10.2. The van der Waals surface area contributed by atoms with Crippen molar-refractivity contribution < 1.29 is 18.9 Å². The number of cyclic esters (lactones) is 1. The number of carbonyl (C=O) groups is 1. The molecule has 0 radical (unpaired) electrons. The molecule has 2 heterocycles. The molecule has 1 aromatic carbocycles. The summed E-state index contributed by atoms with van der Waals surface area (Å²) in [5.41, 5.74) is 0.517. The van der Waals surface area contributed by atoms with Gasteiger partial charge >= 0.3 is 5.97 Å². The third-order valence-corrected chi connectivity index (χ3v) is 3.24. The summed E-state index contributed by atoms with van der Waals surface area (Å²) in [5, 5.41) is 10.6. The normalized spacial score (nSPS) is 15.8. The van der Waals surface area contributed by atoms with Gasteiger partial charge in [0.1, 0.15) is 5.76 Å². The van der Waals surface area contributed by atoms with E-state index in [0.717, 1.165) is 0 Å². The van der Waals surface area contributed by atoms with Crippen molar-refractivity contribution in [1.82, 2.24) is 0 Å². The number of nitro groups is 1. The first-order valence-corrected chi connectivity index (χ1v) is 6.85. The fourth-order valence-electron chi connectivity index (χ4n) is 1.80. The predicted molar refractivity (Wildman–Crippen MR) is 80.1 cm³/mol. The standard InChI is InChI=1S/C14H7BrN2O5/c15-12-6-5-10(21-12)7-11-14(18)22-13(16-11)8-1-3-9(4-2-8)17(19)20/h1-7H/b11-7-. The van der Waals surface area contributed by atoms with Crippen molar-refractivity contribution in [2.45, 2.75) is 0 Å². The van der Waals surface area contributed by atoms with Gasteiger partial charge in [0.05, 0.1) is 4.92 Å². The van der Waals surface area contributed by atoms with Crippen molar-refractivity contribution in [3.05, 3.63) is 68.2 Å². The van der Waals surface area contributed by atoms with E-state index in [2.05, 4.69) is 20.9 Å².